The first kappa shape index (κ1) is 22.2. The highest BCUT2D eigenvalue weighted by Gasteiger charge is 2.48. The minimum absolute atomic E-state index is 0.172. The average molecular weight is 414 g/mol. The quantitative estimate of drug-likeness (QED) is 0.343. The van der Waals surface area contributed by atoms with Crippen molar-refractivity contribution in [2.75, 3.05) is 0 Å². The molecule has 1 amide bonds. The van der Waals surface area contributed by atoms with Crippen molar-refractivity contribution in [1.29, 1.82) is 0 Å². The molecule has 1 heterocycles. The molecule has 1 atom stereocenters. The Morgan fingerprint density at radius 3 is 2.39 bits per heavy atom. The molecule has 0 saturated carbocycles. The summed E-state index contributed by atoms with van der Waals surface area (Å²) in [6, 6.07) is 9.56. The standard InChI is InChI=1S/C22H31NO3Si2/c1-27(2,3)14-10-13-22(15-19(20(24)23-22)17-28(4,5)6)21(25)26-16-18-11-8-7-9-12-18/h7-9,11-12,17H,13,15-16H2,1-6H3,(H,23,24)/b19-17-. The fourth-order valence-corrected chi connectivity index (χ4v) is 4.91. The van der Waals surface area contributed by atoms with E-state index < -0.39 is 27.7 Å². The summed E-state index contributed by atoms with van der Waals surface area (Å²) in [5.41, 5.74) is 5.88. The second-order valence-electron chi connectivity index (χ2n) is 9.54. The van der Waals surface area contributed by atoms with Crippen molar-refractivity contribution in [1.82, 2.24) is 5.32 Å². The monoisotopic (exact) mass is 413 g/mol. The lowest BCUT2D eigenvalue weighted by Gasteiger charge is -2.24. The summed E-state index contributed by atoms with van der Waals surface area (Å²) in [6.07, 6.45) is 0.615. The molecule has 1 aromatic carbocycles. The minimum Gasteiger partial charge on any atom is -0.459 e. The molecule has 6 heteroatoms. The maximum absolute atomic E-state index is 13.0. The van der Waals surface area contributed by atoms with Gasteiger partial charge in [-0.3, -0.25) is 4.79 Å². The van der Waals surface area contributed by atoms with Crippen LogP contribution in [-0.4, -0.2) is 33.6 Å². The highest BCUT2D eigenvalue weighted by Crippen LogP contribution is 2.31. The van der Waals surface area contributed by atoms with Crippen LogP contribution in [0, 0.1) is 11.5 Å². The fraction of sp³-hybridized carbons (Fsp3) is 0.455. The number of hydrogen-bond donors (Lipinski definition) is 1. The average Bonchev–Trinajstić information content (AvgIpc) is 2.87. The molecule has 1 N–H and O–H groups in total. The van der Waals surface area contributed by atoms with Crippen molar-refractivity contribution in [2.45, 2.75) is 64.3 Å². The van der Waals surface area contributed by atoms with Crippen LogP contribution in [0.3, 0.4) is 0 Å². The van der Waals surface area contributed by atoms with E-state index in [1.165, 1.54) is 0 Å². The molecule has 0 aliphatic carbocycles. The lowest BCUT2D eigenvalue weighted by atomic mass is 9.92. The first-order chi connectivity index (χ1) is 12.9. The van der Waals surface area contributed by atoms with E-state index in [9.17, 15) is 9.59 Å². The van der Waals surface area contributed by atoms with Gasteiger partial charge in [0.25, 0.3) is 0 Å². The Labute approximate surface area is 170 Å². The smallest absolute Gasteiger partial charge is 0.333 e. The minimum atomic E-state index is -1.60. The van der Waals surface area contributed by atoms with Crippen molar-refractivity contribution in [3.63, 3.8) is 0 Å². The zero-order chi connectivity index (χ0) is 21.0. The summed E-state index contributed by atoms with van der Waals surface area (Å²) in [6.45, 7) is 13.2. The van der Waals surface area contributed by atoms with Crippen LogP contribution >= 0.6 is 0 Å². The Kier molecular flexibility index (Phi) is 6.73. The van der Waals surface area contributed by atoms with Gasteiger partial charge >= 0.3 is 5.97 Å². The summed E-state index contributed by atoms with van der Waals surface area (Å²) in [4.78, 5) is 25.6. The Bertz CT molecular complexity index is 823. The SMILES string of the molecule is C[Si](C)(C)C#CCC1(C(=O)OCc2ccccc2)C/C(=C/[Si](C)(C)C)C(=O)N1. The molecule has 1 aromatic rings. The maximum Gasteiger partial charge on any atom is 0.333 e. The van der Waals surface area contributed by atoms with Crippen LogP contribution in [-0.2, 0) is 20.9 Å². The van der Waals surface area contributed by atoms with Gasteiger partial charge in [-0.25, -0.2) is 4.79 Å². The topological polar surface area (TPSA) is 55.4 Å². The molecule has 0 bridgehead atoms. The Morgan fingerprint density at radius 1 is 1.18 bits per heavy atom. The largest absolute Gasteiger partial charge is 0.459 e. The third-order valence-corrected chi connectivity index (χ3v) is 6.34. The van der Waals surface area contributed by atoms with Gasteiger partial charge in [-0.05, 0) is 5.56 Å². The van der Waals surface area contributed by atoms with E-state index in [-0.39, 0.29) is 18.9 Å². The summed E-state index contributed by atoms with van der Waals surface area (Å²) in [5.74, 6) is 2.59. The number of hydrogen-bond acceptors (Lipinski definition) is 3. The molecule has 4 nitrogen and oxygen atoms in total. The van der Waals surface area contributed by atoms with Crippen molar-refractivity contribution < 1.29 is 14.3 Å². The van der Waals surface area contributed by atoms with Gasteiger partial charge < -0.3 is 10.1 Å². The molecular formula is C22H31NO3Si2. The molecule has 2 rings (SSSR count). The molecule has 150 valence electrons. The van der Waals surface area contributed by atoms with Crippen LogP contribution in [0.5, 0.6) is 0 Å². The van der Waals surface area contributed by atoms with Crippen LogP contribution in [0.1, 0.15) is 18.4 Å². The number of carbonyl (C=O) groups excluding carboxylic acids is 2. The van der Waals surface area contributed by atoms with E-state index in [2.05, 4.69) is 61.8 Å². The molecule has 28 heavy (non-hydrogen) atoms. The molecule has 1 fully saturated rings. The summed E-state index contributed by atoms with van der Waals surface area (Å²) >= 11 is 0. The van der Waals surface area contributed by atoms with Crippen molar-refractivity contribution in [2.24, 2.45) is 0 Å². The predicted octanol–water partition coefficient (Wildman–Crippen LogP) is 4.06. The number of esters is 1. The molecule has 1 aliphatic rings. The van der Waals surface area contributed by atoms with Crippen LogP contribution in [0.4, 0.5) is 0 Å². The van der Waals surface area contributed by atoms with E-state index in [0.717, 1.165) is 5.56 Å². The molecule has 1 saturated heterocycles. The molecule has 0 spiro atoms. The van der Waals surface area contributed by atoms with E-state index in [1.807, 2.05) is 30.3 Å². The third kappa shape index (κ3) is 6.50. The second-order valence-corrected chi connectivity index (χ2v) is 19.3. The summed E-state index contributed by atoms with van der Waals surface area (Å²) < 4.78 is 5.60. The number of ether oxygens (including phenoxy) is 1. The Hall–Kier alpha value is -2.11. The van der Waals surface area contributed by atoms with E-state index in [1.54, 1.807) is 0 Å². The van der Waals surface area contributed by atoms with Crippen molar-refractivity contribution in [3.05, 3.63) is 47.2 Å². The van der Waals surface area contributed by atoms with E-state index in [0.29, 0.717) is 12.0 Å². The molecule has 1 aliphatic heterocycles. The number of nitrogens with one attached hydrogen (secondary N) is 1. The van der Waals surface area contributed by atoms with Gasteiger partial charge in [0.2, 0.25) is 5.91 Å². The number of benzene rings is 1. The van der Waals surface area contributed by atoms with Gasteiger partial charge in [0.05, 0.1) is 8.07 Å². The molecule has 0 aromatic heterocycles. The van der Waals surface area contributed by atoms with Gasteiger partial charge in [-0.1, -0.05) is 75.3 Å². The zero-order valence-corrected chi connectivity index (χ0v) is 19.8. The van der Waals surface area contributed by atoms with Gasteiger partial charge in [-0.15, -0.1) is 11.5 Å². The maximum atomic E-state index is 13.0. The Morgan fingerprint density at radius 2 is 1.82 bits per heavy atom. The summed E-state index contributed by atoms with van der Waals surface area (Å²) in [5, 5.41) is 2.92. The molecular weight excluding hydrogens is 382 g/mol. The highest BCUT2D eigenvalue weighted by atomic mass is 28.3. The van der Waals surface area contributed by atoms with E-state index in [4.69, 9.17) is 4.74 Å². The lowest BCUT2D eigenvalue weighted by molar-refractivity contribution is -0.153. The second kappa shape index (κ2) is 8.50. The van der Waals surface area contributed by atoms with Gasteiger partial charge in [-0.2, -0.15) is 0 Å². The highest BCUT2D eigenvalue weighted by molar-refractivity contribution is 6.83. The third-order valence-electron chi connectivity index (χ3n) is 4.20. The first-order valence-electron chi connectivity index (χ1n) is 9.66. The first-order valence-corrected chi connectivity index (χ1v) is 16.7. The van der Waals surface area contributed by atoms with Crippen LogP contribution in [0.15, 0.2) is 41.6 Å². The van der Waals surface area contributed by atoms with Crippen LogP contribution in [0.25, 0.3) is 0 Å². The van der Waals surface area contributed by atoms with E-state index >= 15 is 0 Å². The summed E-state index contributed by atoms with van der Waals surface area (Å²) in [7, 11) is -3.17. The molecule has 1 unspecified atom stereocenters. The lowest BCUT2D eigenvalue weighted by Crippen LogP contribution is -2.49. The Balaban J connectivity index is 2.26. The normalized spacial score (nSPS) is 21.1. The van der Waals surface area contributed by atoms with Gasteiger partial charge in [0.1, 0.15) is 14.7 Å². The van der Waals surface area contributed by atoms with Gasteiger partial charge in [0, 0.05) is 18.4 Å². The van der Waals surface area contributed by atoms with Gasteiger partial charge in [0.15, 0.2) is 5.54 Å². The fourth-order valence-electron chi connectivity index (χ4n) is 3.01. The van der Waals surface area contributed by atoms with Crippen LogP contribution < -0.4 is 5.32 Å². The number of carbonyl (C=O) groups is 2. The number of amides is 1. The van der Waals surface area contributed by atoms with Crippen molar-refractivity contribution in [3.8, 4) is 11.5 Å². The van der Waals surface area contributed by atoms with Crippen molar-refractivity contribution >= 4 is 28.0 Å². The zero-order valence-electron chi connectivity index (χ0n) is 17.8. The number of rotatable bonds is 5. The van der Waals surface area contributed by atoms with Crippen LogP contribution in [0.2, 0.25) is 39.3 Å². The molecule has 0 radical (unpaired) electrons. The predicted molar refractivity (Wildman–Crippen MR) is 119 cm³/mol.